The van der Waals surface area contributed by atoms with Gasteiger partial charge in [-0.3, -0.25) is 4.79 Å². The normalized spacial score (nSPS) is 26.0. The molecule has 6 rings (SSSR count). The molecule has 1 amide bonds. The van der Waals surface area contributed by atoms with Gasteiger partial charge in [0.1, 0.15) is 5.75 Å². The summed E-state index contributed by atoms with van der Waals surface area (Å²) in [7, 11) is -2.09. The van der Waals surface area contributed by atoms with Crippen LogP contribution in [0.15, 0.2) is 42.5 Å². The van der Waals surface area contributed by atoms with Gasteiger partial charge in [0.2, 0.25) is 5.91 Å². The third kappa shape index (κ3) is 7.96. The van der Waals surface area contributed by atoms with Crippen molar-refractivity contribution < 1.29 is 19.4 Å². The molecule has 4 aliphatic rings. The molecule has 2 aromatic rings. The van der Waals surface area contributed by atoms with Gasteiger partial charge < -0.3 is 25.3 Å². The van der Waals surface area contributed by atoms with Gasteiger partial charge in [0.15, 0.2) is 8.32 Å². The molecule has 0 unspecified atom stereocenters. The van der Waals surface area contributed by atoms with E-state index in [9.17, 15) is 15.0 Å². The van der Waals surface area contributed by atoms with Crippen molar-refractivity contribution >= 4 is 14.2 Å². The molecular formula is C37H56N2O4Si. The third-order valence-corrected chi connectivity index (χ3v) is 15.8. The highest BCUT2D eigenvalue weighted by Crippen LogP contribution is 2.59. The van der Waals surface area contributed by atoms with Crippen molar-refractivity contribution in [1.82, 2.24) is 10.6 Å². The Balaban J connectivity index is 1.16. The molecule has 4 N–H and O–H groups in total. The number of rotatable bonds is 13. The number of aliphatic hydroxyl groups excluding tert-OH is 1. The number of phenols is 1. The summed E-state index contributed by atoms with van der Waals surface area (Å²) in [6.45, 7) is 14.7. The molecule has 4 bridgehead atoms. The second kappa shape index (κ2) is 13.3. The molecule has 242 valence electrons. The SMILES string of the molecule is C[C@H](Cc1cccc(CC(=O)NCC23CC4CC(CC(C4)C2)C3)c1)NC[C@H](O[Si](C)(C)C(C)(C)C)c1ccc(O)c(CO)c1. The largest absolute Gasteiger partial charge is 0.508 e. The van der Waals surface area contributed by atoms with Crippen LogP contribution in [-0.2, 0) is 28.7 Å². The quantitative estimate of drug-likeness (QED) is 0.180. The fraction of sp³-hybridized carbons (Fsp3) is 0.649. The second-order valence-electron chi connectivity index (χ2n) is 16.1. The van der Waals surface area contributed by atoms with Gasteiger partial charge in [0.05, 0.1) is 19.1 Å². The number of aromatic hydroxyl groups is 1. The Bertz CT molecular complexity index is 1270. The number of hydrogen-bond acceptors (Lipinski definition) is 5. The summed E-state index contributed by atoms with van der Waals surface area (Å²) in [5.74, 6) is 2.95. The topological polar surface area (TPSA) is 90.8 Å². The first kappa shape index (κ1) is 33.2. The van der Waals surface area contributed by atoms with E-state index in [4.69, 9.17) is 4.43 Å². The first-order valence-corrected chi connectivity index (χ1v) is 19.8. The van der Waals surface area contributed by atoms with E-state index in [1.54, 1.807) is 6.07 Å². The lowest BCUT2D eigenvalue weighted by Crippen LogP contribution is -2.51. The molecule has 4 fully saturated rings. The van der Waals surface area contributed by atoms with E-state index in [1.165, 1.54) is 44.1 Å². The van der Waals surface area contributed by atoms with Gasteiger partial charge in [0, 0.05) is 24.7 Å². The van der Waals surface area contributed by atoms with Gasteiger partial charge in [-0.1, -0.05) is 51.1 Å². The van der Waals surface area contributed by atoms with Crippen LogP contribution in [0.25, 0.3) is 0 Å². The number of hydrogen-bond donors (Lipinski definition) is 4. The Kier molecular flexibility index (Phi) is 10.0. The number of aliphatic hydroxyl groups is 1. The molecule has 4 saturated carbocycles. The fourth-order valence-corrected chi connectivity index (χ4v) is 9.62. The summed E-state index contributed by atoms with van der Waals surface area (Å²) in [5, 5.41) is 27.0. The molecule has 4 aliphatic carbocycles. The van der Waals surface area contributed by atoms with Crippen LogP contribution < -0.4 is 10.6 Å². The average molecular weight is 621 g/mol. The van der Waals surface area contributed by atoms with Gasteiger partial charge in [0.25, 0.3) is 0 Å². The zero-order valence-corrected chi connectivity index (χ0v) is 28.9. The van der Waals surface area contributed by atoms with E-state index in [2.05, 4.69) is 75.7 Å². The molecule has 0 spiro atoms. The van der Waals surface area contributed by atoms with Crippen molar-refractivity contribution in [2.24, 2.45) is 23.2 Å². The van der Waals surface area contributed by atoms with Crippen molar-refractivity contribution in [2.75, 3.05) is 13.1 Å². The van der Waals surface area contributed by atoms with E-state index in [1.807, 2.05) is 12.1 Å². The van der Waals surface area contributed by atoms with Crippen LogP contribution >= 0.6 is 0 Å². The lowest BCUT2D eigenvalue weighted by Gasteiger charge is -2.56. The summed E-state index contributed by atoms with van der Waals surface area (Å²) >= 11 is 0. The minimum atomic E-state index is -2.09. The summed E-state index contributed by atoms with van der Waals surface area (Å²) in [5.41, 5.74) is 4.11. The van der Waals surface area contributed by atoms with Crippen LogP contribution in [0.1, 0.15) is 94.6 Å². The highest BCUT2D eigenvalue weighted by molar-refractivity contribution is 6.74. The maximum atomic E-state index is 13.0. The monoisotopic (exact) mass is 620 g/mol. The van der Waals surface area contributed by atoms with E-state index in [-0.39, 0.29) is 35.4 Å². The zero-order valence-electron chi connectivity index (χ0n) is 27.9. The highest BCUT2D eigenvalue weighted by Gasteiger charge is 2.50. The van der Waals surface area contributed by atoms with Crippen LogP contribution in [-0.4, -0.2) is 43.6 Å². The van der Waals surface area contributed by atoms with Crippen molar-refractivity contribution in [1.29, 1.82) is 0 Å². The molecule has 6 nitrogen and oxygen atoms in total. The minimum absolute atomic E-state index is 0.0512. The molecule has 0 saturated heterocycles. The Morgan fingerprint density at radius 1 is 1.02 bits per heavy atom. The second-order valence-corrected chi connectivity index (χ2v) is 20.9. The Hall–Kier alpha value is -2.19. The Morgan fingerprint density at radius 3 is 2.27 bits per heavy atom. The van der Waals surface area contributed by atoms with Gasteiger partial charge in [-0.2, -0.15) is 0 Å². The predicted octanol–water partition coefficient (Wildman–Crippen LogP) is 7.04. The fourth-order valence-electron chi connectivity index (χ4n) is 8.33. The van der Waals surface area contributed by atoms with E-state index >= 15 is 0 Å². The lowest BCUT2D eigenvalue weighted by molar-refractivity contribution is -0.122. The molecule has 0 radical (unpaired) electrons. The highest BCUT2D eigenvalue weighted by atomic mass is 28.4. The van der Waals surface area contributed by atoms with Crippen LogP contribution in [0.5, 0.6) is 5.75 Å². The van der Waals surface area contributed by atoms with Gasteiger partial charge >= 0.3 is 0 Å². The van der Waals surface area contributed by atoms with Gasteiger partial charge in [-0.05, 0) is 122 Å². The number of amides is 1. The van der Waals surface area contributed by atoms with Gasteiger partial charge in [-0.25, -0.2) is 0 Å². The molecular weight excluding hydrogens is 565 g/mol. The van der Waals surface area contributed by atoms with E-state index in [0.29, 0.717) is 23.9 Å². The molecule has 2 aromatic carbocycles. The van der Waals surface area contributed by atoms with Crippen molar-refractivity contribution in [3.63, 3.8) is 0 Å². The van der Waals surface area contributed by atoms with Crippen molar-refractivity contribution in [2.45, 2.75) is 116 Å². The average Bonchev–Trinajstić information content (AvgIpc) is 2.93. The van der Waals surface area contributed by atoms with Crippen LogP contribution in [0.4, 0.5) is 0 Å². The molecule has 2 atom stereocenters. The molecule has 0 aromatic heterocycles. The maximum Gasteiger partial charge on any atom is 0.224 e. The summed E-state index contributed by atoms with van der Waals surface area (Å²) in [6, 6.07) is 14.1. The molecule has 0 heterocycles. The van der Waals surface area contributed by atoms with Crippen molar-refractivity contribution in [3.05, 3.63) is 64.7 Å². The Labute approximate surface area is 266 Å². The number of nitrogens with one attached hydrogen (secondary N) is 2. The smallest absolute Gasteiger partial charge is 0.224 e. The number of carbonyl (C=O) groups is 1. The van der Waals surface area contributed by atoms with E-state index in [0.717, 1.165) is 41.8 Å². The lowest BCUT2D eigenvalue weighted by atomic mass is 9.49. The maximum absolute atomic E-state index is 13.0. The standard InChI is InChI=1S/C37H56N2O4Si/c1-25(38-22-34(43-44(5,6)36(2,3)4)31-10-11-33(41)32(18-31)23-40)12-26-8-7-9-27(13-26)17-35(42)39-24-37-19-28-14-29(20-37)16-30(15-28)21-37/h7-11,13,18,25,28-30,34,38,40-41H,12,14-17,19-24H2,1-6H3,(H,39,42)/t25-,28?,29?,30?,34+,37?/m1/s1. The first-order chi connectivity index (χ1) is 20.7. The number of benzene rings is 2. The van der Waals surface area contributed by atoms with Crippen LogP contribution in [0.3, 0.4) is 0 Å². The Morgan fingerprint density at radius 2 is 1.66 bits per heavy atom. The van der Waals surface area contributed by atoms with Crippen molar-refractivity contribution in [3.8, 4) is 5.75 Å². The third-order valence-electron chi connectivity index (χ3n) is 11.3. The molecule has 0 aliphatic heterocycles. The zero-order chi connectivity index (χ0) is 31.7. The summed E-state index contributed by atoms with van der Waals surface area (Å²) in [6.07, 6.45) is 9.31. The predicted molar refractivity (Wildman–Crippen MR) is 180 cm³/mol. The summed E-state index contributed by atoms with van der Waals surface area (Å²) < 4.78 is 6.86. The minimum Gasteiger partial charge on any atom is -0.508 e. The number of carbonyl (C=O) groups excluding carboxylic acids is 1. The van der Waals surface area contributed by atoms with E-state index < -0.39 is 8.32 Å². The van der Waals surface area contributed by atoms with Crippen LogP contribution in [0, 0.1) is 23.2 Å². The summed E-state index contributed by atoms with van der Waals surface area (Å²) in [4.78, 5) is 13.0. The molecule has 7 heteroatoms. The first-order valence-electron chi connectivity index (χ1n) is 16.9. The van der Waals surface area contributed by atoms with Crippen LogP contribution in [0.2, 0.25) is 18.1 Å². The molecule has 44 heavy (non-hydrogen) atoms. The van der Waals surface area contributed by atoms with Gasteiger partial charge in [-0.15, -0.1) is 0 Å².